The molecule has 0 spiro atoms. The predicted octanol–water partition coefficient (Wildman–Crippen LogP) is 2.23. The molecule has 2 amide bonds. The first kappa shape index (κ1) is 19.3. The Morgan fingerprint density at radius 1 is 1.15 bits per heavy atom. The van der Waals surface area contributed by atoms with Crippen LogP contribution in [0.4, 0.5) is 10.8 Å². The molecule has 0 aliphatic rings. The van der Waals surface area contributed by atoms with Crippen molar-refractivity contribution in [2.75, 3.05) is 16.4 Å². The third-order valence-electron chi connectivity index (χ3n) is 3.31. The van der Waals surface area contributed by atoms with E-state index in [-0.39, 0.29) is 24.0 Å². The van der Waals surface area contributed by atoms with E-state index in [9.17, 15) is 9.59 Å². The van der Waals surface area contributed by atoms with E-state index < -0.39 is 0 Å². The molecule has 0 saturated heterocycles. The Bertz CT molecular complexity index is 928. The van der Waals surface area contributed by atoms with Crippen molar-refractivity contribution in [2.45, 2.75) is 11.6 Å². The number of carbonyl (C=O) groups excluding carboxylic acids is 2. The Morgan fingerprint density at radius 3 is 2.63 bits per heavy atom. The van der Waals surface area contributed by atoms with Gasteiger partial charge in [0.2, 0.25) is 16.9 Å². The second-order valence-corrected chi connectivity index (χ2v) is 7.48. The summed E-state index contributed by atoms with van der Waals surface area (Å²) in [4.78, 5) is 24.0. The number of rotatable bonds is 7. The van der Waals surface area contributed by atoms with Crippen molar-refractivity contribution in [1.82, 2.24) is 25.0 Å². The molecule has 0 aliphatic carbocycles. The molecule has 27 heavy (non-hydrogen) atoms. The number of hydrogen-bond acceptors (Lipinski definition) is 8. The summed E-state index contributed by atoms with van der Waals surface area (Å²) in [6, 6.07) is 6.83. The highest BCUT2D eigenvalue weighted by molar-refractivity contribution is 7.99. The number of thioether (sulfide) groups is 1. The fourth-order valence-electron chi connectivity index (χ4n) is 2.02. The molecule has 1 aromatic carbocycles. The number of amides is 2. The van der Waals surface area contributed by atoms with Gasteiger partial charge in [-0.05, 0) is 24.3 Å². The molecule has 0 unspecified atom stereocenters. The van der Waals surface area contributed by atoms with E-state index in [1.54, 1.807) is 35.9 Å². The van der Waals surface area contributed by atoms with E-state index in [1.165, 1.54) is 28.6 Å². The van der Waals surface area contributed by atoms with Crippen LogP contribution in [0.5, 0.6) is 0 Å². The largest absolute Gasteiger partial charge is 0.326 e. The highest BCUT2D eigenvalue weighted by Gasteiger charge is 2.15. The zero-order valence-corrected chi connectivity index (χ0v) is 16.4. The van der Waals surface area contributed by atoms with E-state index >= 15 is 0 Å². The Labute approximate surface area is 167 Å². The van der Waals surface area contributed by atoms with Crippen LogP contribution in [-0.4, -0.2) is 42.5 Å². The van der Waals surface area contributed by atoms with Gasteiger partial charge in [0.1, 0.15) is 11.3 Å². The van der Waals surface area contributed by atoms with Crippen LogP contribution in [0.25, 0.3) is 0 Å². The fourth-order valence-corrected chi connectivity index (χ4v) is 3.34. The van der Waals surface area contributed by atoms with E-state index in [0.29, 0.717) is 26.8 Å². The zero-order valence-electron chi connectivity index (χ0n) is 14.0. The molecule has 3 aromatic rings. The van der Waals surface area contributed by atoms with Gasteiger partial charge < -0.3 is 9.88 Å². The van der Waals surface area contributed by atoms with Gasteiger partial charge in [-0.15, -0.1) is 20.4 Å². The summed E-state index contributed by atoms with van der Waals surface area (Å²) < 4.78 is 1.68. The Balaban J connectivity index is 1.52. The zero-order chi connectivity index (χ0) is 19.2. The summed E-state index contributed by atoms with van der Waals surface area (Å²) in [5, 5.41) is 22.4. The molecule has 0 radical (unpaired) electrons. The number of anilines is 2. The molecule has 12 heteroatoms. The number of aromatic nitrogens is 5. The van der Waals surface area contributed by atoms with Gasteiger partial charge in [-0.2, -0.15) is 0 Å². The molecule has 3 rings (SSSR count). The SMILES string of the molecule is Cn1c(CC(=O)Nc2ccc(Cl)cc2)nnc1SCC(=O)Nc1nncs1. The van der Waals surface area contributed by atoms with Crippen LogP contribution in [0.15, 0.2) is 34.9 Å². The van der Waals surface area contributed by atoms with Gasteiger partial charge in [0, 0.05) is 17.8 Å². The quantitative estimate of drug-likeness (QED) is 0.560. The minimum atomic E-state index is -0.224. The van der Waals surface area contributed by atoms with Crippen LogP contribution in [0.1, 0.15) is 5.82 Å². The van der Waals surface area contributed by atoms with Gasteiger partial charge in [-0.25, -0.2) is 0 Å². The van der Waals surface area contributed by atoms with E-state index in [0.717, 1.165) is 0 Å². The molecular formula is C15H14ClN7O2S2. The molecular weight excluding hydrogens is 410 g/mol. The minimum absolute atomic E-state index is 0.0592. The highest BCUT2D eigenvalue weighted by Crippen LogP contribution is 2.18. The number of halogens is 1. The van der Waals surface area contributed by atoms with Crippen LogP contribution in [0.2, 0.25) is 5.02 Å². The van der Waals surface area contributed by atoms with Crippen LogP contribution in [0.3, 0.4) is 0 Å². The monoisotopic (exact) mass is 423 g/mol. The molecule has 9 nitrogen and oxygen atoms in total. The lowest BCUT2D eigenvalue weighted by molar-refractivity contribution is -0.116. The van der Waals surface area contributed by atoms with Gasteiger partial charge in [0.05, 0.1) is 12.2 Å². The first-order valence-corrected chi connectivity index (χ1v) is 9.88. The van der Waals surface area contributed by atoms with Crippen LogP contribution < -0.4 is 10.6 Å². The van der Waals surface area contributed by atoms with Crippen molar-refractivity contribution in [1.29, 1.82) is 0 Å². The van der Waals surface area contributed by atoms with Crippen molar-refractivity contribution in [3.63, 3.8) is 0 Å². The number of benzene rings is 1. The third kappa shape index (κ3) is 5.49. The minimum Gasteiger partial charge on any atom is -0.326 e. The Kier molecular flexibility index (Phi) is 6.37. The number of nitrogens with one attached hydrogen (secondary N) is 2. The van der Waals surface area contributed by atoms with Gasteiger partial charge in [0.15, 0.2) is 5.16 Å². The van der Waals surface area contributed by atoms with Crippen molar-refractivity contribution in [3.05, 3.63) is 40.6 Å². The smallest absolute Gasteiger partial charge is 0.236 e. The Hall–Kier alpha value is -2.50. The van der Waals surface area contributed by atoms with Gasteiger partial charge in [-0.3, -0.25) is 14.9 Å². The first-order valence-electron chi connectivity index (χ1n) is 7.64. The van der Waals surface area contributed by atoms with Crippen molar-refractivity contribution >= 4 is 57.3 Å². The van der Waals surface area contributed by atoms with Crippen molar-refractivity contribution in [3.8, 4) is 0 Å². The molecule has 0 saturated carbocycles. The molecule has 0 atom stereocenters. The summed E-state index contributed by atoms with van der Waals surface area (Å²) in [6.45, 7) is 0. The van der Waals surface area contributed by atoms with Crippen LogP contribution in [0, 0.1) is 0 Å². The molecule has 0 fully saturated rings. The van der Waals surface area contributed by atoms with Gasteiger partial charge >= 0.3 is 0 Å². The highest BCUT2D eigenvalue weighted by atomic mass is 35.5. The average Bonchev–Trinajstić information content (AvgIpc) is 3.26. The first-order chi connectivity index (χ1) is 13.0. The van der Waals surface area contributed by atoms with Gasteiger partial charge in [-0.1, -0.05) is 34.7 Å². The number of carbonyl (C=O) groups is 2. The summed E-state index contributed by atoms with van der Waals surface area (Å²) in [5.41, 5.74) is 2.18. The Morgan fingerprint density at radius 2 is 1.93 bits per heavy atom. The van der Waals surface area contributed by atoms with E-state index in [1.807, 2.05) is 0 Å². The normalized spacial score (nSPS) is 10.6. The fraction of sp³-hybridized carbons (Fsp3) is 0.200. The lowest BCUT2D eigenvalue weighted by Crippen LogP contribution is -2.17. The van der Waals surface area contributed by atoms with E-state index in [2.05, 4.69) is 31.0 Å². The summed E-state index contributed by atoms with van der Waals surface area (Å²) in [7, 11) is 1.75. The second-order valence-electron chi connectivity index (χ2n) is 5.27. The summed E-state index contributed by atoms with van der Waals surface area (Å²) in [5.74, 6) is 0.191. The third-order valence-corrected chi connectivity index (χ3v) is 5.19. The summed E-state index contributed by atoms with van der Waals surface area (Å²) in [6.07, 6.45) is 0.0592. The summed E-state index contributed by atoms with van der Waals surface area (Å²) >= 11 is 8.28. The number of hydrogen-bond donors (Lipinski definition) is 2. The number of nitrogens with zero attached hydrogens (tertiary/aromatic N) is 5. The maximum atomic E-state index is 12.2. The molecule has 0 aliphatic heterocycles. The molecule has 0 bridgehead atoms. The second kappa shape index (κ2) is 8.93. The maximum Gasteiger partial charge on any atom is 0.236 e. The lowest BCUT2D eigenvalue weighted by atomic mass is 10.3. The van der Waals surface area contributed by atoms with Crippen LogP contribution in [-0.2, 0) is 23.1 Å². The standard InChI is InChI=1S/C15H14ClN7O2S2/c1-23-11(6-12(24)18-10-4-2-9(16)3-5-10)20-22-15(23)26-7-13(25)19-14-21-17-8-27-14/h2-5,8H,6-7H2,1H3,(H,18,24)(H,19,21,25). The van der Waals surface area contributed by atoms with Crippen molar-refractivity contribution in [2.24, 2.45) is 7.05 Å². The molecule has 2 N–H and O–H groups in total. The predicted molar refractivity (Wildman–Crippen MR) is 104 cm³/mol. The molecule has 2 aromatic heterocycles. The lowest BCUT2D eigenvalue weighted by Gasteiger charge is -2.06. The topological polar surface area (TPSA) is 115 Å². The average molecular weight is 424 g/mol. The van der Waals surface area contributed by atoms with Crippen LogP contribution >= 0.6 is 34.7 Å². The van der Waals surface area contributed by atoms with E-state index in [4.69, 9.17) is 11.6 Å². The molecule has 140 valence electrons. The molecule has 2 heterocycles. The van der Waals surface area contributed by atoms with Gasteiger partial charge in [0.25, 0.3) is 0 Å². The maximum absolute atomic E-state index is 12.2. The van der Waals surface area contributed by atoms with Crippen molar-refractivity contribution < 1.29 is 9.59 Å².